The van der Waals surface area contributed by atoms with Crippen LogP contribution < -0.4 is 10.1 Å². The first-order valence-electron chi connectivity index (χ1n) is 10.4. The lowest BCUT2D eigenvalue weighted by Crippen LogP contribution is -2.44. The van der Waals surface area contributed by atoms with Gasteiger partial charge < -0.3 is 9.57 Å². The van der Waals surface area contributed by atoms with E-state index >= 15 is 0 Å². The molecule has 0 bridgehead atoms. The van der Waals surface area contributed by atoms with Gasteiger partial charge in [0.25, 0.3) is 0 Å². The van der Waals surface area contributed by atoms with Crippen molar-refractivity contribution in [2.24, 2.45) is 5.16 Å². The van der Waals surface area contributed by atoms with E-state index in [1.165, 1.54) is 6.07 Å². The second-order valence-corrected chi connectivity index (χ2v) is 8.10. The predicted molar refractivity (Wildman–Crippen MR) is 109 cm³/mol. The minimum Gasteiger partial charge on any atom is -0.492 e. The molecule has 1 N–H and O–H groups in total. The summed E-state index contributed by atoms with van der Waals surface area (Å²) in [4.78, 5) is 4.96. The van der Waals surface area contributed by atoms with Gasteiger partial charge in [-0.15, -0.1) is 0 Å². The number of ether oxygens (including phenoxy) is 1. The molecule has 4 rings (SSSR count). The quantitative estimate of drug-likeness (QED) is 0.597. The van der Waals surface area contributed by atoms with Crippen LogP contribution in [0.5, 0.6) is 5.75 Å². The van der Waals surface area contributed by atoms with E-state index in [4.69, 9.17) is 14.8 Å². The topological polar surface area (TPSA) is 66.6 Å². The number of oxime groups is 1. The molecule has 2 aliphatic heterocycles. The Labute approximate surface area is 191 Å². The van der Waals surface area contributed by atoms with Gasteiger partial charge in [0.1, 0.15) is 25.0 Å². The molecule has 2 aromatic carbocycles. The molecule has 0 spiro atoms. The third kappa shape index (κ3) is 5.12. The Kier molecular flexibility index (Phi) is 6.45. The maximum Gasteiger partial charge on any atom is 0.417 e. The maximum atomic E-state index is 13.7. The first kappa shape index (κ1) is 23.9. The van der Waals surface area contributed by atoms with Gasteiger partial charge in [-0.3, -0.25) is 5.32 Å². The largest absolute Gasteiger partial charge is 0.492 e. The maximum absolute atomic E-state index is 13.7. The number of rotatable bonds is 5. The molecule has 0 aliphatic carbocycles. The molecule has 1 fully saturated rings. The second kappa shape index (κ2) is 9.18. The zero-order valence-electron chi connectivity index (χ0n) is 17.6. The number of hydrogen-bond acceptors (Lipinski definition) is 5. The van der Waals surface area contributed by atoms with Crippen molar-refractivity contribution in [2.75, 3.05) is 13.2 Å². The van der Waals surface area contributed by atoms with Gasteiger partial charge in [0.05, 0.1) is 22.9 Å². The molecule has 11 heteroatoms. The highest BCUT2D eigenvalue weighted by Gasteiger charge is 2.51. The summed E-state index contributed by atoms with van der Waals surface area (Å²) in [6, 6.07) is 8.22. The molecule has 0 saturated carbocycles. The molecule has 2 aromatic rings. The number of halogens is 6. The fraction of sp³-hybridized carbons (Fsp3) is 0.391. The minimum absolute atomic E-state index is 0.0837. The molecule has 0 amide bonds. The Morgan fingerprint density at radius 1 is 1.09 bits per heavy atom. The smallest absolute Gasteiger partial charge is 0.417 e. The Hall–Kier alpha value is -3.26. The van der Waals surface area contributed by atoms with Crippen LogP contribution in [0, 0.1) is 11.3 Å². The molecule has 0 radical (unpaired) electrons. The van der Waals surface area contributed by atoms with E-state index in [1.54, 1.807) is 24.3 Å². The van der Waals surface area contributed by atoms with E-state index in [9.17, 15) is 26.3 Å². The first-order chi connectivity index (χ1) is 16.1. The normalized spacial score (nSPS) is 22.7. The average Bonchev–Trinajstić information content (AvgIpc) is 3.47. The van der Waals surface area contributed by atoms with Gasteiger partial charge in [-0.1, -0.05) is 11.2 Å². The van der Waals surface area contributed by atoms with Crippen molar-refractivity contribution in [1.29, 1.82) is 5.26 Å². The second-order valence-electron chi connectivity index (χ2n) is 8.10. The van der Waals surface area contributed by atoms with Crippen LogP contribution in [-0.2, 0) is 11.0 Å². The van der Waals surface area contributed by atoms with Crippen molar-refractivity contribution >= 4 is 5.71 Å². The fourth-order valence-corrected chi connectivity index (χ4v) is 4.22. The van der Waals surface area contributed by atoms with Crippen LogP contribution in [0.25, 0.3) is 0 Å². The molecule has 1 saturated heterocycles. The van der Waals surface area contributed by atoms with Crippen molar-refractivity contribution in [3.05, 3.63) is 64.7 Å². The number of alkyl halides is 6. The van der Waals surface area contributed by atoms with Crippen LogP contribution in [0.1, 0.15) is 41.0 Å². The van der Waals surface area contributed by atoms with E-state index in [-0.39, 0.29) is 18.6 Å². The summed E-state index contributed by atoms with van der Waals surface area (Å²) in [5.74, 6) is -0.819. The molecule has 3 unspecified atom stereocenters. The summed E-state index contributed by atoms with van der Waals surface area (Å²) < 4.78 is 86.7. The van der Waals surface area contributed by atoms with Crippen molar-refractivity contribution in [2.45, 2.75) is 43.2 Å². The molecule has 5 nitrogen and oxygen atoms in total. The Balaban J connectivity index is 1.49. The standard InChI is InChI=1S/C23H19F6N3O2/c24-22(25,26)19-9-14(1-2-15(19)11-30)18-10-16(31-21(18)23(27,28)29)12-33-17-5-3-13(4-6-17)20-7-8-34-32-20/h1-6,9,16,18,21,31H,7-8,10,12H2. The van der Waals surface area contributed by atoms with Gasteiger partial charge in [-0.25, -0.2) is 0 Å². The summed E-state index contributed by atoms with van der Waals surface area (Å²) >= 11 is 0. The van der Waals surface area contributed by atoms with Crippen LogP contribution >= 0.6 is 0 Å². The lowest BCUT2D eigenvalue weighted by molar-refractivity contribution is -0.156. The van der Waals surface area contributed by atoms with Gasteiger partial charge >= 0.3 is 12.4 Å². The summed E-state index contributed by atoms with van der Waals surface area (Å²) in [6.07, 6.45) is -8.94. The van der Waals surface area contributed by atoms with Gasteiger partial charge in [0, 0.05) is 18.4 Å². The number of nitrogens with zero attached hydrogens (tertiary/aromatic N) is 2. The van der Waals surface area contributed by atoms with Crippen LogP contribution in [0.2, 0.25) is 0 Å². The molecule has 0 aromatic heterocycles. The predicted octanol–water partition coefficient (Wildman–Crippen LogP) is 5.16. The Morgan fingerprint density at radius 2 is 1.82 bits per heavy atom. The van der Waals surface area contributed by atoms with E-state index < -0.39 is 41.5 Å². The zero-order valence-corrected chi connectivity index (χ0v) is 17.6. The Bertz CT molecular complexity index is 1110. The van der Waals surface area contributed by atoms with Crippen LogP contribution in [0.3, 0.4) is 0 Å². The average molecular weight is 483 g/mol. The van der Waals surface area contributed by atoms with E-state index in [1.807, 2.05) is 0 Å². The van der Waals surface area contributed by atoms with E-state index in [0.717, 1.165) is 23.4 Å². The monoisotopic (exact) mass is 483 g/mol. The summed E-state index contributed by atoms with van der Waals surface area (Å²) in [7, 11) is 0. The zero-order chi connectivity index (χ0) is 24.5. The molecule has 34 heavy (non-hydrogen) atoms. The number of benzene rings is 2. The lowest BCUT2D eigenvalue weighted by atomic mass is 9.88. The molecule has 2 aliphatic rings. The molecule has 3 atom stereocenters. The van der Waals surface area contributed by atoms with Crippen LogP contribution in [0.15, 0.2) is 47.6 Å². The van der Waals surface area contributed by atoms with Crippen molar-refractivity contribution in [3.63, 3.8) is 0 Å². The van der Waals surface area contributed by atoms with E-state index in [2.05, 4.69) is 10.5 Å². The van der Waals surface area contributed by atoms with Crippen molar-refractivity contribution in [1.82, 2.24) is 5.32 Å². The van der Waals surface area contributed by atoms with Crippen molar-refractivity contribution in [3.8, 4) is 11.8 Å². The molecule has 180 valence electrons. The Morgan fingerprint density at radius 3 is 2.41 bits per heavy atom. The fourth-order valence-electron chi connectivity index (χ4n) is 4.22. The summed E-state index contributed by atoms with van der Waals surface area (Å²) in [5, 5.41) is 15.3. The third-order valence-corrected chi connectivity index (χ3v) is 5.85. The highest BCUT2D eigenvalue weighted by atomic mass is 19.4. The van der Waals surface area contributed by atoms with Crippen LogP contribution in [0.4, 0.5) is 26.3 Å². The molecular formula is C23H19F6N3O2. The first-order valence-corrected chi connectivity index (χ1v) is 10.4. The third-order valence-electron chi connectivity index (χ3n) is 5.85. The summed E-state index contributed by atoms with van der Waals surface area (Å²) in [6.45, 7) is 0.404. The summed E-state index contributed by atoms with van der Waals surface area (Å²) in [5.41, 5.74) is -0.370. The van der Waals surface area contributed by atoms with Gasteiger partial charge in [-0.05, 0) is 53.9 Å². The van der Waals surface area contributed by atoms with Gasteiger partial charge in [0.2, 0.25) is 0 Å². The highest BCUT2D eigenvalue weighted by molar-refractivity contribution is 6.00. The van der Waals surface area contributed by atoms with Crippen molar-refractivity contribution < 1.29 is 35.9 Å². The minimum atomic E-state index is -4.86. The molecule has 2 heterocycles. The highest BCUT2D eigenvalue weighted by Crippen LogP contribution is 2.42. The number of nitriles is 1. The van der Waals surface area contributed by atoms with Gasteiger partial charge in [0.15, 0.2) is 0 Å². The lowest BCUT2D eigenvalue weighted by Gasteiger charge is -2.23. The number of hydrogen-bond donors (Lipinski definition) is 1. The van der Waals surface area contributed by atoms with Crippen LogP contribution in [-0.4, -0.2) is 37.2 Å². The van der Waals surface area contributed by atoms with Gasteiger partial charge in [-0.2, -0.15) is 31.6 Å². The molecular weight excluding hydrogens is 464 g/mol. The SMILES string of the molecule is N#Cc1ccc(C2CC(COc3ccc(C4=NOCC4)cc3)NC2C(F)(F)F)cc1C(F)(F)F. The van der Waals surface area contributed by atoms with E-state index in [0.29, 0.717) is 24.8 Å². The number of nitrogens with one attached hydrogen (secondary N) is 1.